The van der Waals surface area contributed by atoms with Crippen LogP contribution in [-0.4, -0.2) is 6.21 Å². The molecule has 0 amide bonds. The van der Waals surface area contributed by atoms with Crippen LogP contribution in [0.3, 0.4) is 0 Å². The fourth-order valence-electron chi connectivity index (χ4n) is 4.00. The van der Waals surface area contributed by atoms with E-state index in [4.69, 9.17) is 0 Å². The van der Waals surface area contributed by atoms with Gasteiger partial charge in [-0.25, -0.2) is 0 Å². The molecule has 0 fully saturated rings. The first-order chi connectivity index (χ1) is 14.4. The number of hydrogen-bond acceptors (Lipinski definition) is 1. The third-order valence-corrected chi connectivity index (χ3v) is 5.45. The molecule has 0 radical (unpaired) electrons. The van der Waals surface area contributed by atoms with Gasteiger partial charge in [-0.3, -0.25) is 4.99 Å². The normalized spacial score (nSPS) is 13.1. The van der Waals surface area contributed by atoms with Crippen LogP contribution in [0.1, 0.15) is 39.3 Å². The van der Waals surface area contributed by atoms with Gasteiger partial charge >= 0.3 is 0 Å². The molecule has 0 bridgehead atoms. The van der Waals surface area contributed by atoms with Crippen molar-refractivity contribution >= 4 is 24.1 Å². The average molecular weight is 371 g/mol. The van der Waals surface area contributed by atoms with Crippen LogP contribution in [0.4, 0.5) is 5.69 Å². The second kappa shape index (κ2) is 7.73. The molecule has 0 heterocycles. The molecular formula is C28H21N. The number of nitrogens with zero attached hydrogens (tertiary/aromatic N) is 1. The fourth-order valence-corrected chi connectivity index (χ4v) is 4.00. The van der Waals surface area contributed by atoms with Crippen LogP contribution in [0.2, 0.25) is 0 Å². The van der Waals surface area contributed by atoms with Crippen molar-refractivity contribution < 1.29 is 0 Å². The molecular weight excluding hydrogens is 350 g/mol. The lowest BCUT2D eigenvalue weighted by Crippen LogP contribution is -2.05. The van der Waals surface area contributed by atoms with Crippen molar-refractivity contribution in [1.29, 1.82) is 0 Å². The van der Waals surface area contributed by atoms with Gasteiger partial charge in [-0.1, -0.05) is 103 Å². The summed E-state index contributed by atoms with van der Waals surface area (Å²) in [5.41, 5.74) is 8.59. The van der Waals surface area contributed by atoms with E-state index in [-0.39, 0.29) is 5.92 Å². The second-order valence-corrected chi connectivity index (χ2v) is 7.28. The van der Waals surface area contributed by atoms with Crippen LogP contribution < -0.4 is 0 Å². The number of aliphatic imine (C=N–C) groups is 1. The fraction of sp³-hybridized carbons (Fsp3) is 0.0357. The van der Waals surface area contributed by atoms with Gasteiger partial charge in [0.15, 0.2) is 0 Å². The van der Waals surface area contributed by atoms with Gasteiger partial charge in [-0.15, -0.1) is 0 Å². The highest BCUT2D eigenvalue weighted by Gasteiger charge is 2.22. The van der Waals surface area contributed by atoms with Gasteiger partial charge in [-0.2, -0.15) is 0 Å². The minimum Gasteiger partial charge on any atom is -0.256 e. The summed E-state index contributed by atoms with van der Waals surface area (Å²) in [5.74, 6) is 0.213. The maximum Gasteiger partial charge on any atom is 0.0630 e. The Morgan fingerprint density at radius 1 is 0.552 bits per heavy atom. The van der Waals surface area contributed by atoms with Gasteiger partial charge in [0.25, 0.3) is 0 Å². The van der Waals surface area contributed by atoms with Gasteiger partial charge in [0.2, 0.25) is 0 Å². The molecule has 29 heavy (non-hydrogen) atoms. The average Bonchev–Trinajstić information content (AvgIpc) is 2.96. The Bertz CT molecular complexity index is 1130. The molecule has 0 aliphatic heterocycles. The highest BCUT2D eigenvalue weighted by atomic mass is 14.7. The predicted molar refractivity (Wildman–Crippen MR) is 123 cm³/mol. The van der Waals surface area contributed by atoms with Crippen LogP contribution in [0.25, 0.3) is 12.2 Å². The predicted octanol–water partition coefficient (Wildman–Crippen LogP) is 7.10. The molecule has 138 valence electrons. The summed E-state index contributed by atoms with van der Waals surface area (Å²) in [6, 6.07) is 36.2. The van der Waals surface area contributed by atoms with E-state index >= 15 is 0 Å². The van der Waals surface area contributed by atoms with Gasteiger partial charge in [-0.05, 0) is 45.5 Å². The van der Waals surface area contributed by atoms with E-state index in [0.717, 1.165) is 11.3 Å². The molecule has 4 aromatic carbocycles. The maximum atomic E-state index is 4.63. The van der Waals surface area contributed by atoms with Crippen molar-refractivity contribution in [2.24, 2.45) is 4.99 Å². The third-order valence-electron chi connectivity index (χ3n) is 5.45. The highest BCUT2D eigenvalue weighted by molar-refractivity contribution is 5.82. The van der Waals surface area contributed by atoms with Crippen molar-refractivity contribution in [2.75, 3.05) is 0 Å². The molecule has 1 aliphatic rings. The van der Waals surface area contributed by atoms with E-state index in [1.165, 1.54) is 27.8 Å². The monoisotopic (exact) mass is 371 g/mol. The van der Waals surface area contributed by atoms with Crippen molar-refractivity contribution in [1.82, 2.24) is 0 Å². The molecule has 5 rings (SSSR count). The molecule has 0 atom stereocenters. The topological polar surface area (TPSA) is 12.4 Å². The lowest BCUT2D eigenvalue weighted by atomic mass is 9.82. The Hall–Kier alpha value is -3.71. The summed E-state index contributed by atoms with van der Waals surface area (Å²) in [4.78, 5) is 4.63. The zero-order chi connectivity index (χ0) is 19.5. The highest BCUT2D eigenvalue weighted by Crippen LogP contribution is 2.39. The van der Waals surface area contributed by atoms with Crippen molar-refractivity contribution in [2.45, 2.75) is 5.92 Å². The first-order valence-corrected chi connectivity index (χ1v) is 9.93. The van der Waals surface area contributed by atoms with Gasteiger partial charge in [0.1, 0.15) is 0 Å². The standard InChI is InChI=1S/C28H21N/c1-2-8-21(9-3-1)20-29-25-18-16-24(17-19-25)28-26-12-6-4-10-22(26)14-15-23-11-5-7-13-27(23)28/h1-20,28H. The van der Waals surface area contributed by atoms with Crippen LogP contribution >= 0.6 is 0 Å². The molecule has 0 saturated carbocycles. The van der Waals surface area contributed by atoms with E-state index < -0.39 is 0 Å². The van der Waals surface area contributed by atoms with Crippen LogP contribution in [0.15, 0.2) is 108 Å². The number of fused-ring (bicyclic) bond motifs is 2. The van der Waals surface area contributed by atoms with Crippen molar-refractivity contribution in [3.63, 3.8) is 0 Å². The Balaban J connectivity index is 1.54. The quantitative estimate of drug-likeness (QED) is 0.300. The second-order valence-electron chi connectivity index (χ2n) is 7.28. The number of rotatable bonds is 3. The van der Waals surface area contributed by atoms with Crippen molar-refractivity contribution in [3.8, 4) is 0 Å². The Morgan fingerprint density at radius 3 is 1.72 bits per heavy atom. The van der Waals surface area contributed by atoms with Gasteiger partial charge < -0.3 is 0 Å². The molecule has 0 saturated heterocycles. The Kier molecular flexibility index (Phi) is 4.63. The van der Waals surface area contributed by atoms with Crippen LogP contribution in [0, 0.1) is 0 Å². The SMILES string of the molecule is C1=Cc2ccccc2C(c2ccc(N=Cc3ccccc3)cc2)c2ccccc21. The molecule has 0 unspecified atom stereocenters. The first-order valence-electron chi connectivity index (χ1n) is 9.93. The molecule has 1 aliphatic carbocycles. The Labute approximate surface area is 171 Å². The Morgan fingerprint density at radius 2 is 1.10 bits per heavy atom. The molecule has 0 spiro atoms. The minimum atomic E-state index is 0.213. The molecule has 4 aromatic rings. The molecule has 1 heteroatoms. The van der Waals surface area contributed by atoms with E-state index in [1.54, 1.807) is 0 Å². The molecule has 0 aromatic heterocycles. The lowest BCUT2D eigenvalue weighted by Gasteiger charge is -2.21. The van der Waals surface area contributed by atoms with E-state index in [0.29, 0.717) is 0 Å². The number of benzene rings is 4. The van der Waals surface area contributed by atoms with E-state index in [2.05, 4.69) is 102 Å². The van der Waals surface area contributed by atoms with E-state index in [9.17, 15) is 0 Å². The summed E-state index contributed by atoms with van der Waals surface area (Å²) < 4.78 is 0. The zero-order valence-electron chi connectivity index (χ0n) is 16.1. The van der Waals surface area contributed by atoms with Crippen LogP contribution in [-0.2, 0) is 0 Å². The summed E-state index contributed by atoms with van der Waals surface area (Å²) in [5, 5.41) is 0. The maximum absolute atomic E-state index is 4.63. The summed E-state index contributed by atoms with van der Waals surface area (Å²) in [6.07, 6.45) is 6.37. The largest absolute Gasteiger partial charge is 0.256 e. The van der Waals surface area contributed by atoms with E-state index in [1.807, 2.05) is 24.4 Å². The summed E-state index contributed by atoms with van der Waals surface area (Å²) >= 11 is 0. The molecule has 0 N–H and O–H groups in total. The van der Waals surface area contributed by atoms with Crippen LogP contribution in [0.5, 0.6) is 0 Å². The van der Waals surface area contributed by atoms with Gasteiger partial charge in [0, 0.05) is 12.1 Å². The minimum absolute atomic E-state index is 0.213. The summed E-state index contributed by atoms with van der Waals surface area (Å²) in [7, 11) is 0. The summed E-state index contributed by atoms with van der Waals surface area (Å²) in [6.45, 7) is 0. The molecule has 1 nitrogen and oxygen atoms in total. The van der Waals surface area contributed by atoms with Gasteiger partial charge in [0.05, 0.1) is 5.69 Å². The lowest BCUT2D eigenvalue weighted by molar-refractivity contribution is 0.973. The smallest absolute Gasteiger partial charge is 0.0630 e. The third kappa shape index (κ3) is 3.55. The number of hydrogen-bond donors (Lipinski definition) is 0. The first kappa shape index (κ1) is 17.4. The zero-order valence-corrected chi connectivity index (χ0v) is 16.1. The van der Waals surface area contributed by atoms with Crippen molar-refractivity contribution in [3.05, 3.63) is 137 Å².